The summed E-state index contributed by atoms with van der Waals surface area (Å²) >= 11 is 0. The van der Waals surface area contributed by atoms with Crippen LogP contribution in [0, 0.1) is 0 Å². The van der Waals surface area contributed by atoms with Crippen molar-refractivity contribution in [2.75, 3.05) is 27.7 Å². The number of nitrogens with zero attached hydrogens (tertiary/aromatic N) is 1. The zero-order valence-corrected chi connectivity index (χ0v) is 15.0. The first-order valence-electron chi connectivity index (χ1n) is 5.88. The predicted octanol–water partition coefficient (Wildman–Crippen LogP) is 2.45. The summed E-state index contributed by atoms with van der Waals surface area (Å²) in [6, 6.07) is 9.42. The van der Waals surface area contributed by atoms with E-state index in [0.717, 1.165) is 19.2 Å². The summed E-state index contributed by atoms with van der Waals surface area (Å²) in [5.41, 5.74) is 0.810. The van der Waals surface area contributed by atoms with Crippen molar-refractivity contribution >= 4 is 5.78 Å². The summed E-state index contributed by atoms with van der Waals surface area (Å²) in [7, 11) is 4.94. The van der Waals surface area contributed by atoms with Crippen molar-refractivity contribution in [2.45, 2.75) is 20.3 Å². The number of carbonyl (C=O) groups excluding carboxylic acids is 1. The second-order valence-corrected chi connectivity index (χ2v) is 3.34. The molecule has 1 N–H and O–H groups in total. The van der Waals surface area contributed by atoms with Crippen LogP contribution < -0.4 is 0 Å². The molecular weight excluding hydrogens is 303 g/mol. The summed E-state index contributed by atoms with van der Waals surface area (Å²) in [6.07, 6.45) is 0.594. The maximum absolute atomic E-state index is 11.5. The first kappa shape index (κ1) is 23.0. The molecule has 0 bridgehead atoms. The number of aliphatic hydroxyl groups excluding tert-OH is 1. The van der Waals surface area contributed by atoms with E-state index in [1.165, 1.54) is 0 Å². The average Bonchev–Trinajstić information content (AvgIpc) is 2.41. The number of rotatable bonds is 4. The van der Waals surface area contributed by atoms with E-state index in [9.17, 15) is 4.79 Å². The molecule has 0 heterocycles. The molecule has 0 atom stereocenters. The van der Waals surface area contributed by atoms with Gasteiger partial charge in [-0.2, -0.15) is 0 Å². The molecule has 0 aliphatic heterocycles. The maximum Gasteiger partial charge on any atom is 0.164 e. The van der Waals surface area contributed by atoms with E-state index in [-0.39, 0.29) is 38.5 Å². The normalized spacial score (nSPS) is 8.17. The van der Waals surface area contributed by atoms with E-state index in [2.05, 4.69) is 0 Å². The topological polar surface area (TPSA) is 40.5 Å². The summed E-state index contributed by atoms with van der Waals surface area (Å²) in [4.78, 5) is 13.5. The van der Waals surface area contributed by atoms with Gasteiger partial charge in [0.15, 0.2) is 5.78 Å². The fraction of sp³-hybridized carbons (Fsp3) is 0.500. The van der Waals surface area contributed by atoms with Crippen LogP contribution in [0.15, 0.2) is 30.3 Å². The quantitative estimate of drug-likeness (QED) is 0.863. The van der Waals surface area contributed by atoms with Gasteiger partial charge in [-0.05, 0) is 14.1 Å². The number of carbonyl (C=O) groups is 1. The molecule has 0 fully saturated rings. The van der Waals surface area contributed by atoms with Crippen molar-refractivity contribution in [2.24, 2.45) is 0 Å². The van der Waals surface area contributed by atoms with Crippen molar-refractivity contribution in [3.8, 4) is 0 Å². The Morgan fingerprint density at radius 3 is 1.94 bits per heavy atom. The van der Waals surface area contributed by atoms with E-state index in [4.69, 9.17) is 5.11 Å². The minimum absolute atomic E-state index is 0. The average molecular weight is 328 g/mol. The van der Waals surface area contributed by atoms with Crippen molar-refractivity contribution < 1.29 is 42.6 Å². The summed E-state index contributed by atoms with van der Waals surface area (Å²) < 4.78 is 0. The first-order chi connectivity index (χ1) is 8.20. The third-order valence-electron chi connectivity index (χ3n) is 1.88. The van der Waals surface area contributed by atoms with E-state index in [1.54, 1.807) is 0 Å². The zero-order valence-electron chi connectivity index (χ0n) is 12.2. The third-order valence-corrected chi connectivity index (χ3v) is 1.88. The van der Waals surface area contributed by atoms with Crippen LogP contribution in [0.25, 0.3) is 0 Å². The molecule has 0 aliphatic rings. The number of aliphatic hydroxyl groups is 1. The van der Waals surface area contributed by atoms with Crippen LogP contribution in [-0.2, 0) is 32.7 Å². The Hall–Kier alpha value is -0.0861. The van der Waals surface area contributed by atoms with Crippen LogP contribution >= 0.6 is 0 Å². The first-order valence-corrected chi connectivity index (χ1v) is 5.88. The van der Waals surface area contributed by atoms with Crippen molar-refractivity contribution in [1.82, 2.24) is 4.90 Å². The van der Waals surface area contributed by atoms with E-state index < -0.39 is 0 Å². The molecule has 101 valence electrons. The van der Waals surface area contributed by atoms with Gasteiger partial charge in [-0.1, -0.05) is 44.2 Å². The smallest absolute Gasteiger partial charge is 0.164 e. The largest absolute Gasteiger partial charge is 0.400 e. The van der Waals surface area contributed by atoms with Gasteiger partial charge in [0.2, 0.25) is 0 Å². The van der Waals surface area contributed by atoms with Gasteiger partial charge in [0.1, 0.15) is 0 Å². The van der Waals surface area contributed by atoms with Gasteiger partial charge >= 0.3 is 0 Å². The molecule has 0 aromatic heterocycles. The van der Waals surface area contributed by atoms with Crippen LogP contribution in [0.3, 0.4) is 0 Å². The fourth-order valence-electron chi connectivity index (χ4n) is 1.09. The molecule has 4 heteroatoms. The van der Waals surface area contributed by atoms with Crippen LogP contribution in [0.5, 0.6) is 0 Å². The molecule has 3 nitrogen and oxygen atoms in total. The summed E-state index contributed by atoms with van der Waals surface area (Å²) in [5, 5.41) is 7.00. The Bertz CT molecular complexity index is 276. The van der Waals surface area contributed by atoms with Gasteiger partial charge < -0.3 is 10.0 Å². The van der Waals surface area contributed by atoms with Gasteiger partial charge in [0, 0.05) is 58.3 Å². The molecule has 1 aromatic rings. The van der Waals surface area contributed by atoms with Crippen LogP contribution in [0.1, 0.15) is 30.6 Å². The monoisotopic (exact) mass is 328 g/mol. The van der Waals surface area contributed by atoms with E-state index in [1.807, 2.05) is 63.2 Å². The van der Waals surface area contributed by atoms with Gasteiger partial charge in [-0.3, -0.25) is 4.79 Å². The molecule has 0 aliphatic carbocycles. The summed E-state index contributed by atoms with van der Waals surface area (Å²) in [6.45, 7) is 4.81. The number of hydrogen-bond donors (Lipinski definition) is 1. The molecule has 0 amide bonds. The Balaban J connectivity index is -0.000000409. The predicted molar refractivity (Wildman–Crippen MR) is 73.4 cm³/mol. The molecule has 0 spiro atoms. The molecule has 0 saturated heterocycles. The van der Waals surface area contributed by atoms with E-state index in [0.29, 0.717) is 6.42 Å². The second kappa shape index (κ2) is 16.9. The van der Waals surface area contributed by atoms with Crippen molar-refractivity contribution in [3.05, 3.63) is 35.9 Å². The van der Waals surface area contributed by atoms with Gasteiger partial charge in [-0.25, -0.2) is 0 Å². The number of hydrogen-bond acceptors (Lipinski definition) is 3. The van der Waals surface area contributed by atoms with Gasteiger partial charge in [0.05, 0.1) is 0 Å². The van der Waals surface area contributed by atoms with Gasteiger partial charge in [-0.15, -0.1) is 0 Å². The van der Waals surface area contributed by atoms with Crippen LogP contribution in [0.4, 0.5) is 0 Å². The third kappa shape index (κ3) is 12.4. The minimum atomic E-state index is 0. The van der Waals surface area contributed by atoms with Crippen molar-refractivity contribution in [3.63, 3.8) is 0 Å². The molecule has 1 rings (SSSR count). The van der Waals surface area contributed by atoms with Crippen molar-refractivity contribution in [1.29, 1.82) is 0 Å². The Morgan fingerprint density at radius 1 is 1.11 bits per heavy atom. The number of Topliss-reactive ketones (excluding diaryl/α,β-unsaturated/α-hetero) is 1. The molecule has 1 radical (unpaired) electrons. The van der Waals surface area contributed by atoms with E-state index >= 15 is 0 Å². The SMILES string of the molecule is CC.CN(C)CCC(=O)c1ccccc1.CO.[Y]. The molecule has 0 saturated carbocycles. The number of benzene rings is 1. The van der Waals surface area contributed by atoms with Gasteiger partial charge in [0.25, 0.3) is 0 Å². The maximum atomic E-state index is 11.5. The minimum Gasteiger partial charge on any atom is -0.400 e. The standard InChI is InChI=1S/C11H15NO.C2H6.CH4O.Y/c1-12(2)9-8-11(13)10-6-4-3-5-7-10;2*1-2;/h3-7H,8-9H2,1-2H3;1-2H3;2H,1H3;. The Labute approximate surface area is 136 Å². The van der Waals surface area contributed by atoms with Crippen LogP contribution in [0.2, 0.25) is 0 Å². The molecule has 18 heavy (non-hydrogen) atoms. The molecule has 0 unspecified atom stereocenters. The number of ketones is 1. The fourth-order valence-corrected chi connectivity index (χ4v) is 1.09. The Kier molecular flexibility index (Phi) is 21.7. The second-order valence-electron chi connectivity index (χ2n) is 3.34. The Morgan fingerprint density at radius 2 is 1.56 bits per heavy atom. The summed E-state index contributed by atoms with van der Waals surface area (Å²) in [5.74, 6) is 0.217. The zero-order chi connectivity index (χ0) is 13.7. The molecule has 1 aromatic carbocycles. The van der Waals surface area contributed by atoms with Crippen LogP contribution in [-0.4, -0.2) is 43.5 Å². The molecular formula is C14H25NO2Y.